The SMILES string of the molecule is COCC[n+]1ccsc1C. The van der Waals surface area contributed by atoms with Gasteiger partial charge in [-0.25, -0.2) is 0 Å². The summed E-state index contributed by atoms with van der Waals surface area (Å²) in [5, 5.41) is 3.42. The summed E-state index contributed by atoms with van der Waals surface area (Å²) in [4.78, 5) is 0. The maximum Gasteiger partial charge on any atom is 0.234 e. The summed E-state index contributed by atoms with van der Waals surface area (Å²) in [6.07, 6.45) is 2.08. The van der Waals surface area contributed by atoms with E-state index in [1.807, 2.05) is 0 Å². The van der Waals surface area contributed by atoms with Gasteiger partial charge in [-0.05, 0) is 0 Å². The predicted molar refractivity (Wildman–Crippen MR) is 41.1 cm³/mol. The Balaban J connectivity index is 2.49. The van der Waals surface area contributed by atoms with Crippen molar-refractivity contribution in [3.63, 3.8) is 0 Å². The van der Waals surface area contributed by atoms with Gasteiger partial charge in [0.05, 0.1) is 5.38 Å². The number of ether oxygens (including phenoxy) is 1. The molecule has 0 aromatic carbocycles. The first-order valence-corrected chi connectivity index (χ1v) is 4.15. The van der Waals surface area contributed by atoms with Crippen LogP contribution in [0.1, 0.15) is 5.01 Å². The number of hydrogen-bond donors (Lipinski definition) is 0. The Morgan fingerprint density at radius 2 is 2.50 bits per heavy atom. The molecule has 10 heavy (non-hydrogen) atoms. The van der Waals surface area contributed by atoms with Crippen molar-refractivity contribution in [2.75, 3.05) is 13.7 Å². The highest BCUT2D eigenvalue weighted by molar-refractivity contribution is 7.09. The van der Waals surface area contributed by atoms with Crippen LogP contribution < -0.4 is 4.57 Å². The van der Waals surface area contributed by atoms with Crippen LogP contribution in [0.25, 0.3) is 0 Å². The monoisotopic (exact) mass is 158 g/mol. The van der Waals surface area contributed by atoms with E-state index in [9.17, 15) is 0 Å². The van der Waals surface area contributed by atoms with Gasteiger partial charge in [0.2, 0.25) is 5.01 Å². The molecule has 56 valence electrons. The molecule has 0 aliphatic rings. The van der Waals surface area contributed by atoms with Crippen molar-refractivity contribution in [1.29, 1.82) is 0 Å². The number of nitrogens with zero attached hydrogens (tertiary/aromatic N) is 1. The van der Waals surface area contributed by atoms with Gasteiger partial charge in [0.25, 0.3) is 0 Å². The summed E-state index contributed by atoms with van der Waals surface area (Å²) in [6, 6.07) is 0. The van der Waals surface area contributed by atoms with Gasteiger partial charge in [-0.2, -0.15) is 4.57 Å². The lowest BCUT2D eigenvalue weighted by atomic mass is 10.6. The molecule has 2 nitrogen and oxygen atoms in total. The molecule has 0 saturated carbocycles. The van der Waals surface area contributed by atoms with Crippen LogP contribution in [0.4, 0.5) is 0 Å². The molecule has 0 aliphatic heterocycles. The van der Waals surface area contributed by atoms with Crippen molar-refractivity contribution in [3.8, 4) is 0 Å². The van der Waals surface area contributed by atoms with Gasteiger partial charge in [0, 0.05) is 14.0 Å². The fourth-order valence-electron chi connectivity index (χ4n) is 0.797. The van der Waals surface area contributed by atoms with Crippen LogP contribution in [-0.4, -0.2) is 13.7 Å². The summed E-state index contributed by atoms with van der Waals surface area (Å²) >= 11 is 1.76. The highest BCUT2D eigenvalue weighted by atomic mass is 32.1. The van der Waals surface area contributed by atoms with Crippen LogP contribution in [0, 0.1) is 6.92 Å². The van der Waals surface area contributed by atoms with Crippen LogP contribution in [0.2, 0.25) is 0 Å². The molecule has 0 aliphatic carbocycles. The summed E-state index contributed by atoms with van der Waals surface area (Å²) in [7, 11) is 1.72. The van der Waals surface area contributed by atoms with Crippen LogP contribution in [-0.2, 0) is 11.3 Å². The molecular formula is C7H12NOS+. The smallest absolute Gasteiger partial charge is 0.234 e. The molecule has 0 N–H and O–H groups in total. The Morgan fingerprint density at radius 1 is 1.70 bits per heavy atom. The second-order valence-corrected chi connectivity index (χ2v) is 3.21. The second kappa shape index (κ2) is 3.68. The Labute approximate surface area is 65.1 Å². The van der Waals surface area contributed by atoms with E-state index < -0.39 is 0 Å². The molecule has 1 rings (SSSR count). The minimum absolute atomic E-state index is 0.794. The van der Waals surface area contributed by atoms with Crippen molar-refractivity contribution in [3.05, 3.63) is 16.6 Å². The third kappa shape index (κ3) is 1.78. The average molecular weight is 158 g/mol. The number of aryl methyl sites for hydroxylation is 1. The first kappa shape index (κ1) is 7.69. The minimum atomic E-state index is 0.794. The van der Waals surface area contributed by atoms with E-state index in [4.69, 9.17) is 4.74 Å². The van der Waals surface area contributed by atoms with Crippen LogP contribution in [0.3, 0.4) is 0 Å². The summed E-state index contributed by atoms with van der Waals surface area (Å²) in [5.41, 5.74) is 0. The first-order valence-electron chi connectivity index (χ1n) is 3.27. The Morgan fingerprint density at radius 3 is 3.00 bits per heavy atom. The Hall–Kier alpha value is -0.410. The molecule has 0 radical (unpaired) electrons. The van der Waals surface area contributed by atoms with Crippen molar-refractivity contribution >= 4 is 11.3 Å². The third-order valence-corrected chi connectivity index (χ3v) is 2.25. The van der Waals surface area contributed by atoms with E-state index in [0.717, 1.165) is 13.2 Å². The quantitative estimate of drug-likeness (QED) is 0.598. The summed E-state index contributed by atoms with van der Waals surface area (Å²) in [6.45, 7) is 3.87. The van der Waals surface area contributed by atoms with E-state index in [0.29, 0.717) is 0 Å². The zero-order chi connectivity index (χ0) is 7.40. The van der Waals surface area contributed by atoms with Gasteiger partial charge in [0.1, 0.15) is 6.61 Å². The zero-order valence-corrected chi connectivity index (χ0v) is 7.15. The number of thiazole rings is 1. The molecule has 0 amide bonds. The lowest BCUT2D eigenvalue weighted by molar-refractivity contribution is -0.699. The zero-order valence-electron chi connectivity index (χ0n) is 6.33. The molecule has 0 atom stereocenters. The van der Waals surface area contributed by atoms with Gasteiger partial charge < -0.3 is 4.74 Å². The van der Waals surface area contributed by atoms with Crippen LogP contribution in [0.5, 0.6) is 0 Å². The lowest BCUT2D eigenvalue weighted by Crippen LogP contribution is -2.35. The van der Waals surface area contributed by atoms with Gasteiger partial charge in [-0.15, -0.1) is 0 Å². The van der Waals surface area contributed by atoms with Gasteiger partial charge in [0.15, 0.2) is 12.7 Å². The largest absolute Gasteiger partial charge is 0.378 e. The molecule has 3 heteroatoms. The molecular weight excluding hydrogens is 146 g/mol. The molecule has 0 fully saturated rings. The van der Waals surface area contributed by atoms with E-state index in [1.165, 1.54) is 5.01 Å². The van der Waals surface area contributed by atoms with Gasteiger partial charge in [-0.1, -0.05) is 11.3 Å². The van der Waals surface area contributed by atoms with Gasteiger partial charge >= 0.3 is 0 Å². The molecule has 1 heterocycles. The molecule has 0 bridgehead atoms. The van der Waals surface area contributed by atoms with E-state index >= 15 is 0 Å². The molecule has 0 unspecified atom stereocenters. The van der Waals surface area contributed by atoms with Crippen LogP contribution in [0.15, 0.2) is 11.6 Å². The van der Waals surface area contributed by atoms with Gasteiger partial charge in [-0.3, -0.25) is 0 Å². The Bertz CT molecular complexity index is 197. The number of aromatic nitrogens is 1. The fourth-order valence-corrected chi connectivity index (χ4v) is 1.49. The number of rotatable bonds is 3. The topological polar surface area (TPSA) is 13.1 Å². The summed E-state index contributed by atoms with van der Waals surface area (Å²) < 4.78 is 7.14. The maximum absolute atomic E-state index is 4.95. The third-order valence-electron chi connectivity index (χ3n) is 1.42. The Kier molecular flexibility index (Phi) is 2.83. The van der Waals surface area contributed by atoms with E-state index in [-0.39, 0.29) is 0 Å². The number of methoxy groups -OCH3 is 1. The minimum Gasteiger partial charge on any atom is -0.378 e. The highest BCUT2D eigenvalue weighted by Gasteiger charge is 2.04. The average Bonchev–Trinajstić information content (AvgIpc) is 2.31. The normalized spacial score (nSPS) is 10.2. The standard InChI is InChI=1S/C7H12NOS/c1-7-8(3-5-9-2)4-6-10-7/h4,6H,3,5H2,1-2H3/q+1. The van der Waals surface area contributed by atoms with E-state index in [1.54, 1.807) is 18.4 Å². The van der Waals surface area contributed by atoms with E-state index in [2.05, 4.69) is 23.1 Å². The molecule has 1 aromatic heterocycles. The first-order chi connectivity index (χ1) is 4.84. The summed E-state index contributed by atoms with van der Waals surface area (Å²) in [5.74, 6) is 0. The molecule has 1 aromatic rings. The van der Waals surface area contributed by atoms with Crippen LogP contribution >= 0.6 is 11.3 Å². The predicted octanol–water partition coefficient (Wildman–Crippen LogP) is 0.990. The lowest BCUT2D eigenvalue weighted by Gasteiger charge is -1.92. The molecule has 0 saturated heterocycles. The van der Waals surface area contributed by atoms with Crippen molar-refractivity contribution in [2.45, 2.75) is 13.5 Å². The van der Waals surface area contributed by atoms with Crippen molar-refractivity contribution in [2.24, 2.45) is 0 Å². The molecule has 0 spiro atoms. The second-order valence-electron chi connectivity index (χ2n) is 2.11. The maximum atomic E-state index is 4.95. The van der Waals surface area contributed by atoms with Crippen molar-refractivity contribution in [1.82, 2.24) is 0 Å². The number of hydrogen-bond acceptors (Lipinski definition) is 2. The van der Waals surface area contributed by atoms with Crippen molar-refractivity contribution < 1.29 is 9.30 Å². The highest BCUT2D eigenvalue weighted by Crippen LogP contribution is 1.97. The fraction of sp³-hybridized carbons (Fsp3) is 0.571.